The van der Waals surface area contributed by atoms with Crippen molar-refractivity contribution in [3.05, 3.63) is 23.9 Å². The summed E-state index contributed by atoms with van der Waals surface area (Å²) in [6.07, 6.45) is 7.02. The van der Waals surface area contributed by atoms with E-state index in [9.17, 15) is 0 Å². The van der Waals surface area contributed by atoms with Crippen molar-refractivity contribution in [1.29, 1.82) is 0 Å². The van der Waals surface area contributed by atoms with Crippen molar-refractivity contribution in [3.8, 4) is 0 Å². The number of nitrogens with zero attached hydrogens (tertiary/aromatic N) is 2. The van der Waals surface area contributed by atoms with E-state index < -0.39 is 0 Å². The second-order valence-electron chi connectivity index (χ2n) is 4.90. The van der Waals surface area contributed by atoms with Crippen LogP contribution in [0, 0.1) is 0 Å². The highest BCUT2D eigenvalue weighted by Crippen LogP contribution is 2.29. The monoisotopic (exact) mass is 233 g/mol. The van der Waals surface area contributed by atoms with E-state index in [4.69, 9.17) is 0 Å². The molecule has 0 spiro atoms. The Morgan fingerprint density at radius 3 is 2.94 bits per heavy atom. The summed E-state index contributed by atoms with van der Waals surface area (Å²) in [5.74, 6) is 1.00. The van der Waals surface area contributed by atoms with Gasteiger partial charge in [0, 0.05) is 18.8 Å². The molecule has 0 bridgehead atoms. The average Bonchev–Trinajstić information content (AvgIpc) is 2.77. The number of pyridine rings is 1. The van der Waals surface area contributed by atoms with Crippen LogP contribution in [0.1, 0.15) is 44.2 Å². The summed E-state index contributed by atoms with van der Waals surface area (Å²) in [7, 11) is 2.20. The number of anilines is 1. The van der Waals surface area contributed by atoms with Gasteiger partial charge in [0.05, 0.1) is 0 Å². The molecule has 1 saturated heterocycles. The van der Waals surface area contributed by atoms with Gasteiger partial charge in [0.25, 0.3) is 0 Å². The second-order valence-corrected chi connectivity index (χ2v) is 4.90. The lowest BCUT2D eigenvalue weighted by atomic mass is 10.1. The molecule has 0 unspecified atom stereocenters. The molecular weight excluding hydrogens is 210 g/mol. The molecular formula is C14H23N3. The number of unbranched alkanes of at least 4 members (excludes halogenated alkanes) is 1. The highest BCUT2D eigenvalue weighted by atomic mass is 15.1. The zero-order valence-electron chi connectivity index (χ0n) is 10.9. The Kier molecular flexibility index (Phi) is 4.37. The summed E-state index contributed by atoms with van der Waals surface area (Å²) in [6, 6.07) is 4.90. The van der Waals surface area contributed by atoms with Gasteiger partial charge in [0.15, 0.2) is 0 Å². The Labute approximate surface area is 104 Å². The van der Waals surface area contributed by atoms with Gasteiger partial charge in [0.2, 0.25) is 0 Å². The maximum absolute atomic E-state index is 4.49. The van der Waals surface area contributed by atoms with E-state index in [0.717, 1.165) is 12.4 Å². The molecule has 1 aliphatic heterocycles. The van der Waals surface area contributed by atoms with E-state index in [1.165, 1.54) is 37.8 Å². The molecule has 1 aliphatic rings. The molecule has 0 saturated carbocycles. The van der Waals surface area contributed by atoms with Crippen LogP contribution in [0.25, 0.3) is 0 Å². The number of aromatic nitrogens is 1. The topological polar surface area (TPSA) is 28.2 Å². The highest BCUT2D eigenvalue weighted by molar-refractivity contribution is 5.36. The van der Waals surface area contributed by atoms with Crippen molar-refractivity contribution in [3.63, 3.8) is 0 Å². The maximum atomic E-state index is 4.49. The van der Waals surface area contributed by atoms with Gasteiger partial charge < -0.3 is 5.32 Å². The fourth-order valence-corrected chi connectivity index (χ4v) is 2.43. The van der Waals surface area contributed by atoms with Crippen LogP contribution in [0.15, 0.2) is 18.3 Å². The van der Waals surface area contributed by atoms with Gasteiger partial charge in [-0.2, -0.15) is 0 Å². The molecule has 1 fully saturated rings. The molecule has 3 heteroatoms. The lowest BCUT2D eigenvalue weighted by molar-refractivity contribution is 0.317. The number of nitrogens with one attached hydrogen (secondary N) is 1. The van der Waals surface area contributed by atoms with Crippen molar-refractivity contribution in [2.24, 2.45) is 0 Å². The Bertz CT molecular complexity index is 334. The summed E-state index contributed by atoms with van der Waals surface area (Å²) < 4.78 is 0. The summed E-state index contributed by atoms with van der Waals surface area (Å²) in [4.78, 5) is 6.91. The molecule has 1 N–H and O–H groups in total. The summed E-state index contributed by atoms with van der Waals surface area (Å²) in [5, 5.41) is 3.35. The van der Waals surface area contributed by atoms with Gasteiger partial charge in [-0.15, -0.1) is 0 Å². The Morgan fingerprint density at radius 1 is 1.47 bits per heavy atom. The standard InChI is InChI=1S/C14H23N3/c1-3-4-9-15-14-8-7-12(11-16-14)13-6-5-10-17(13)2/h7-8,11,13H,3-6,9-10H2,1-2H3,(H,15,16)/t13-/m1/s1. The first-order chi connectivity index (χ1) is 8.31. The third-order valence-corrected chi connectivity index (χ3v) is 3.53. The predicted molar refractivity (Wildman–Crippen MR) is 72.2 cm³/mol. The number of rotatable bonds is 5. The minimum absolute atomic E-state index is 0.576. The first kappa shape index (κ1) is 12.4. The SMILES string of the molecule is CCCCNc1ccc([C@H]2CCCN2C)cn1. The maximum Gasteiger partial charge on any atom is 0.125 e. The van der Waals surface area contributed by atoms with Gasteiger partial charge >= 0.3 is 0 Å². The quantitative estimate of drug-likeness (QED) is 0.792. The Morgan fingerprint density at radius 2 is 2.35 bits per heavy atom. The fourth-order valence-electron chi connectivity index (χ4n) is 2.43. The van der Waals surface area contributed by atoms with E-state index in [0.29, 0.717) is 6.04 Å². The van der Waals surface area contributed by atoms with Crippen LogP contribution in [-0.2, 0) is 0 Å². The zero-order valence-corrected chi connectivity index (χ0v) is 10.9. The predicted octanol–water partition coefficient (Wildman–Crippen LogP) is 3.06. The summed E-state index contributed by atoms with van der Waals surface area (Å²) >= 11 is 0. The van der Waals surface area contributed by atoms with Gasteiger partial charge in [-0.1, -0.05) is 19.4 Å². The van der Waals surface area contributed by atoms with Crippen LogP contribution in [-0.4, -0.2) is 30.0 Å². The molecule has 1 atom stereocenters. The van der Waals surface area contributed by atoms with Crippen LogP contribution in [0.5, 0.6) is 0 Å². The average molecular weight is 233 g/mol. The second kappa shape index (κ2) is 6.01. The summed E-state index contributed by atoms with van der Waals surface area (Å²) in [6.45, 7) is 4.43. The van der Waals surface area contributed by atoms with Gasteiger partial charge in [-0.25, -0.2) is 4.98 Å². The van der Waals surface area contributed by atoms with Crippen molar-refractivity contribution in [2.75, 3.05) is 25.5 Å². The molecule has 2 heterocycles. The van der Waals surface area contributed by atoms with Crippen molar-refractivity contribution in [1.82, 2.24) is 9.88 Å². The molecule has 94 valence electrons. The van der Waals surface area contributed by atoms with Crippen LogP contribution in [0.2, 0.25) is 0 Å². The van der Waals surface area contributed by atoms with Gasteiger partial charge in [-0.3, -0.25) is 4.90 Å². The van der Waals surface area contributed by atoms with Crippen molar-refractivity contribution < 1.29 is 0 Å². The van der Waals surface area contributed by atoms with E-state index in [1.54, 1.807) is 0 Å². The molecule has 3 nitrogen and oxygen atoms in total. The van der Waals surface area contributed by atoms with E-state index in [2.05, 4.69) is 41.3 Å². The molecule has 0 radical (unpaired) electrons. The van der Waals surface area contributed by atoms with E-state index >= 15 is 0 Å². The van der Waals surface area contributed by atoms with Crippen LogP contribution < -0.4 is 5.32 Å². The molecule has 1 aromatic rings. The first-order valence-electron chi connectivity index (χ1n) is 6.71. The number of likely N-dealkylation sites (tertiary alicyclic amines) is 1. The van der Waals surface area contributed by atoms with Crippen LogP contribution >= 0.6 is 0 Å². The lowest BCUT2D eigenvalue weighted by Crippen LogP contribution is -2.17. The lowest BCUT2D eigenvalue weighted by Gasteiger charge is -2.19. The molecule has 17 heavy (non-hydrogen) atoms. The molecule has 0 amide bonds. The highest BCUT2D eigenvalue weighted by Gasteiger charge is 2.22. The third kappa shape index (κ3) is 3.19. The fraction of sp³-hybridized carbons (Fsp3) is 0.643. The largest absolute Gasteiger partial charge is 0.370 e. The van der Waals surface area contributed by atoms with E-state index in [1.807, 2.05) is 6.20 Å². The van der Waals surface area contributed by atoms with Gasteiger partial charge in [0.1, 0.15) is 5.82 Å². The molecule has 0 aliphatic carbocycles. The minimum atomic E-state index is 0.576. The Balaban J connectivity index is 1.93. The van der Waals surface area contributed by atoms with Gasteiger partial charge in [-0.05, 0) is 44.5 Å². The molecule has 2 rings (SSSR count). The smallest absolute Gasteiger partial charge is 0.125 e. The molecule has 0 aromatic carbocycles. The number of hydrogen-bond acceptors (Lipinski definition) is 3. The Hall–Kier alpha value is -1.09. The van der Waals surface area contributed by atoms with E-state index in [-0.39, 0.29) is 0 Å². The van der Waals surface area contributed by atoms with Crippen molar-refractivity contribution in [2.45, 2.75) is 38.6 Å². The first-order valence-corrected chi connectivity index (χ1v) is 6.71. The summed E-state index contributed by atoms with van der Waals surface area (Å²) in [5.41, 5.74) is 1.35. The zero-order chi connectivity index (χ0) is 12.1. The number of hydrogen-bond donors (Lipinski definition) is 1. The normalized spacial score (nSPS) is 20.7. The van der Waals surface area contributed by atoms with Crippen molar-refractivity contribution >= 4 is 5.82 Å². The van der Waals surface area contributed by atoms with Crippen LogP contribution in [0.3, 0.4) is 0 Å². The van der Waals surface area contributed by atoms with Crippen LogP contribution in [0.4, 0.5) is 5.82 Å². The molecule has 1 aromatic heterocycles. The third-order valence-electron chi connectivity index (χ3n) is 3.53. The minimum Gasteiger partial charge on any atom is -0.370 e.